The summed E-state index contributed by atoms with van der Waals surface area (Å²) in [7, 11) is 0. The van der Waals surface area contributed by atoms with Crippen molar-refractivity contribution in [1.82, 2.24) is 15.1 Å². The zero-order valence-corrected chi connectivity index (χ0v) is 9.67. The third-order valence-electron chi connectivity index (χ3n) is 3.32. The molecule has 1 saturated carbocycles. The van der Waals surface area contributed by atoms with E-state index in [-0.39, 0.29) is 0 Å². The van der Waals surface area contributed by atoms with Crippen LogP contribution in [0.1, 0.15) is 43.9 Å². The average Bonchev–Trinajstić information content (AvgIpc) is 2.90. The topological polar surface area (TPSA) is 51.8 Å². The van der Waals surface area contributed by atoms with E-state index in [1.165, 1.54) is 32.1 Å². The van der Waals surface area contributed by atoms with Crippen LogP contribution in [0.3, 0.4) is 0 Å². The molecule has 0 radical (unpaired) electrons. The molecule has 2 aromatic rings. The highest BCUT2D eigenvalue weighted by Gasteiger charge is 2.21. The molecule has 0 aromatic carbocycles. The molecule has 0 unspecified atom stereocenters. The molecule has 0 N–H and O–H groups in total. The summed E-state index contributed by atoms with van der Waals surface area (Å²) in [5, 5.41) is 4.04. The van der Waals surface area contributed by atoms with E-state index in [4.69, 9.17) is 4.52 Å². The van der Waals surface area contributed by atoms with E-state index >= 15 is 0 Å². The molecule has 1 fully saturated rings. The van der Waals surface area contributed by atoms with E-state index in [0.717, 1.165) is 11.5 Å². The molecule has 17 heavy (non-hydrogen) atoms. The molecular formula is C13H15N3O. The van der Waals surface area contributed by atoms with Gasteiger partial charge in [0.2, 0.25) is 11.7 Å². The van der Waals surface area contributed by atoms with Crippen molar-refractivity contribution in [3.8, 4) is 11.4 Å². The van der Waals surface area contributed by atoms with Gasteiger partial charge in [0.25, 0.3) is 0 Å². The van der Waals surface area contributed by atoms with E-state index in [0.29, 0.717) is 11.7 Å². The molecule has 88 valence electrons. The summed E-state index contributed by atoms with van der Waals surface area (Å²) in [6.07, 6.45) is 9.73. The molecule has 2 heterocycles. The van der Waals surface area contributed by atoms with E-state index in [1.54, 1.807) is 12.4 Å². The van der Waals surface area contributed by atoms with Gasteiger partial charge in [0.05, 0.1) is 0 Å². The van der Waals surface area contributed by atoms with Gasteiger partial charge in [-0.2, -0.15) is 4.98 Å². The van der Waals surface area contributed by atoms with Crippen LogP contribution in [0.5, 0.6) is 0 Å². The van der Waals surface area contributed by atoms with Crippen LogP contribution in [-0.2, 0) is 0 Å². The zero-order valence-electron chi connectivity index (χ0n) is 9.67. The fourth-order valence-corrected chi connectivity index (χ4v) is 2.36. The van der Waals surface area contributed by atoms with Crippen molar-refractivity contribution in [3.05, 3.63) is 30.4 Å². The van der Waals surface area contributed by atoms with Crippen LogP contribution in [-0.4, -0.2) is 15.1 Å². The predicted molar refractivity (Wildman–Crippen MR) is 63.4 cm³/mol. The highest BCUT2D eigenvalue weighted by atomic mass is 16.5. The molecular weight excluding hydrogens is 214 g/mol. The Kier molecular flexibility index (Phi) is 2.86. The highest BCUT2D eigenvalue weighted by molar-refractivity contribution is 5.51. The lowest BCUT2D eigenvalue weighted by molar-refractivity contribution is 0.314. The minimum atomic E-state index is 0.460. The molecule has 0 spiro atoms. The summed E-state index contributed by atoms with van der Waals surface area (Å²) in [6, 6.07) is 3.83. The van der Waals surface area contributed by atoms with Crippen molar-refractivity contribution in [3.63, 3.8) is 0 Å². The highest BCUT2D eigenvalue weighted by Crippen LogP contribution is 2.32. The largest absolute Gasteiger partial charge is 0.339 e. The van der Waals surface area contributed by atoms with E-state index in [9.17, 15) is 0 Å². The maximum Gasteiger partial charge on any atom is 0.230 e. The Bertz CT molecular complexity index is 474. The van der Waals surface area contributed by atoms with Crippen LogP contribution in [0.15, 0.2) is 29.0 Å². The molecule has 0 saturated heterocycles. The first kappa shape index (κ1) is 10.4. The predicted octanol–water partition coefficient (Wildman–Crippen LogP) is 3.18. The van der Waals surface area contributed by atoms with Gasteiger partial charge in [-0.1, -0.05) is 24.4 Å². The Balaban J connectivity index is 1.83. The maximum atomic E-state index is 5.37. The van der Waals surface area contributed by atoms with Crippen molar-refractivity contribution < 1.29 is 4.52 Å². The lowest BCUT2D eigenvalue weighted by Gasteiger charge is -2.17. The Morgan fingerprint density at radius 3 is 2.82 bits per heavy atom. The summed E-state index contributed by atoms with van der Waals surface area (Å²) in [5.74, 6) is 1.91. The van der Waals surface area contributed by atoms with Gasteiger partial charge in [0.1, 0.15) is 0 Å². The molecule has 4 nitrogen and oxygen atoms in total. The normalized spacial score (nSPS) is 17.2. The number of hydrogen-bond donors (Lipinski definition) is 0. The minimum Gasteiger partial charge on any atom is -0.339 e. The van der Waals surface area contributed by atoms with Gasteiger partial charge in [-0.3, -0.25) is 4.98 Å². The van der Waals surface area contributed by atoms with Crippen LogP contribution in [0, 0.1) is 0 Å². The number of rotatable bonds is 2. The second-order valence-corrected chi connectivity index (χ2v) is 4.53. The maximum absolute atomic E-state index is 5.37. The molecule has 0 atom stereocenters. The summed E-state index contributed by atoms with van der Waals surface area (Å²) in [6.45, 7) is 0. The molecule has 0 bridgehead atoms. The lowest BCUT2D eigenvalue weighted by atomic mass is 9.89. The van der Waals surface area contributed by atoms with Crippen LogP contribution in [0.2, 0.25) is 0 Å². The van der Waals surface area contributed by atoms with Crippen molar-refractivity contribution in [2.45, 2.75) is 38.0 Å². The van der Waals surface area contributed by atoms with Gasteiger partial charge < -0.3 is 4.52 Å². The molecule has 4 heteroatoms. The molecule has 0 amide bonds. The van der Waals surface area contributed by atoms with Crippen molar-refractivity contribution in [2.24, 2.45) is 0 Å². The first-order valence-electron chi connectivity index (χ1n) is 6.17. The molecule has 1 aliphatic rings. The van der Waals surface area contributed by atoms with Gasteiger partial charge in [0.15, 0.2) is 0 Å². The Morgan fingerprint density at radius 1 is 1.18 bits per heavy atom. The Morgan fingerprint density at radius 2 is 2.06 bits per heavy atom. The molecule has 3 rings (SSSR count). The fourth-order valence-electron chi connectivity index (χ4n) is 2.36. The summed E-state index contributed by atoms with van der Waals surface area (Å²) in [5.41, 5.74) is 0.915. The molecule has 0 aliphatic heterocycles. The molecule has 2 aromatic heterocycles. The summed E-state index contributed by atoms with van der Waals surface area (Å²) in [4.78, 5) is 8.55. The molecule has 1 aliphatic carbocycles. The van der Waals surface area contributed by atoms with Crippen molar-refractivity contribution in [1.29, 1.82) is 0 Å². The lowest BCUT2D eigenvalue weighted by Crippen LogP contribution is -2.04. The quantitative estimate of drug-likeness (QED) is 0.793. The van der Waals surface area contributed by atoms with Gasteiger partial charge in [-0.15, -0.1) is 0 Å². The van der Waals surface area contributed by atoms with E-state index in [1.807, 2.05) is 12.1 Å². The van der Waals surface area contributed by atoms with Crippen molar-refractivity contribution >= 4 is 0 Å². The Labute approximate surface area is 100 Å². The third kappa shape index (κ3) is 2.20. The summed E-state index contributed by atoms with van der Waals surface area (Å²) >= 11 is 0. The zero-order chi connectivity index (χ0) is 11.5. The van der Waals surface area contributed by atoms with Crippen LogP contribution in [0.4, 0.5) is 0 Å². The fraction of sp³-hybridized carbons (Fsp3) is 0.462. The van der Waals surface area contributed by atoms with E-state index in [2.05, 4.69) is 15.1 Å². The number of nitrogens with zero attached hydrogens (tertiary/aromatic N) is 3. The van der Waals surface area contributed by atoms with Crippen LogP contribution < -0.4 is 0 Å². The number of hydrogen-bond acceptors (Lipinski definition) is 4. The van der Waals surface area contributed by atoms with Gasteiger partial charge in [-0.05, 0) is 25.0 Å². The van der Waals surface area contributed by atoms with Crippen molar-refractivity contribution in [2.75, 3.05) is 0 Å². The standard InChI is InChI=1S/C13H15N3O/c1-2-5-10(6-3-1)13-15-12(16-17-13)11-7-4-8-14-9-11/h4,7-10H,1-3,5-6H2. The number of pyridine rings is 1. The summed E-state index contributed by atoms with van der Waals surface area (Å²) < 4.78 is 5.37. The van der Waals surface area contributed by atoms with Gasteiger partial charge in [0, 0.05) is 23.9 Å². The average molecular weight is 229 g/mol. The monoisotopic (exact) mass is 229 g/mol. The van der Waals surface area contributed by atoms with Crippen LogP contribution >= 0.6 is 0 Å². The minimum absolute atomic E-state index is 0.460. The SMILES string of the molecule is c1cncc(-c2noc(C3CCCCC3)n2)c1. The smallest absolute Gasteiger partial charge is 0.230 e. The first-order chi connectivity index (χ1) is 8.43. The van der Waals surface area contributed by atoms with E-state index < -0.39 is 0 Å². The van der Waals surface area contributed by atoms with Gasteiger partial charge >= 0.3 is 0 Å². The third-order valence-corrected chi connectivity index (χ3v) is 3.32. The van der Waals surface area contributed by atoms with Gasteiger partial charge in [-0.25, -0.2) is 0 Å². The Hall–Kier alpha value is -1.71. The second-order valence-electron chi connectivity index (χ2n) is 4.53. The number of aromatic nitrogens is 3. The first-order valence-corrected chi connectivity index (χ1v) is 6.17. The van der Waals surface area contributed by atoms with Crippen LogP contribution in [0.25, 0.3) is 11.4 Å². The second kappa shape index (κ2) is 4.65.